The number of benzene rings is 1. The molecule has 1 aromatic carbocycles. The van der Waals surface area contributed by atoms with Gasteiger partial charge in [-0.05, 0) is 57.5 Å². The summed E-state index contributed by atoms with van der Waals surface area (Å²) in [4.78, 5) is 29.7. The standard InChI is InChI=1S/C25H29FN5O3/c1-6-16-13-19(17-7-9-18(26)10-8-17)27-30-14-20-22(32)29-12-11-28(23(33)34-24(2,3)4)15-25(29,5)31(20)21(16)30/h7-10,13-14H,6,11-12,15H2,1-5H3/q+1. The van der Waals surface area contributed by atoms with E-state index in [1.807, 2.05) is 43.2 Å². The molecule has 1 saturated heterocycles. The van der Waals surface area contributed by atoms with E-state index in [4.69, 9.17) is 9.84 Å². The third-order valence-electron chi connectivity index (χ3n) is 6.51. The number of carbonyl (C=O) groups excluding carboxylic acids is 2. The van der Waals surface area contributed by atoms with E-state index < -0.39 is 11.3 Å². The summed E-state index contributed by atoms with van der Waals surface area (Å²) >= 11 is 0. The Hall–Kier alpha value is -3.49. The van der Waals surface area contributed by atoms with Gasteiger partial charge in [-0.1, -0.05) is 16.5 Å². The topological polar surface area (TPSA) is 71.0 Å². The number of aryl methyl sites for hydroxylation is 1. The first-order valence-corrected chi connectivity index (χ1v) is 11.6. The van der Waals surface area contributed by atoms with Gasteiger partial charge in [0.25, 0.3) is 0 Å². The summed E-state index contributed by atoms with van der Waals surface area (Å²) < 4.78 is 22.8. The molecule has 2 amide bonds. The lowest BCUT2D eigenvalue weighted by atomic mass is 10.1. The summed E-state index contributed by atoms with van der Waals surface area (Å²) in [6.07, 6.45) is 2.08. The summed E-state index contributed by atoms with van der Waals surface area (Å²) in [6, 6.07) is 8.20. The summed E-state index contributed by atoms with van der Waals surface area (Å²) in [6.45, 7) is 10.7. The fourth-order valence-corrected chi connectivity index (χ4v) is 4.97. The highest BCUT2D eigenvalue weighted by molar-refractivity contribution is 5.93. The molecule has 9 heteroatoms. The third-order valence-corrected chi connectivity index (χ3v) is 6.51. The Kier molecular flexibility index (Phi) is 4.93. The fraction of sp³-hybridized carbons (Fsp3) is 0.440. The van der Waals surface area contributed by atoms with Crippen molar-refractivity contribution in [2.75, 3.05) is 19.6 Å². The zero-order valence-corrected chi connectivity index (χ0v) is 20.1. The molecule has 0 radical (unpaired) electrons. The number of amides is 2. The highest BCUT2D eigenvalue weighted by atomic mass is 19.1. The van der Waals surface area contributed by atoms with Crippen LogP contribution in [0.25, 0.3) is 16.9 Å². The molecule has 2 aromatic heterocycles. The molecular weight excluding hydrogens is 437 g/mol. The monoisotopic (exact) mass is 466 g/mol. The number of imidazole rings is 1. The van der Waals surface area contributed by atoms with Crippen molar-refractivity contribution in [2.45, 2.75) is 52.3 Å². The number of aromatic nitrogens is 3. The molecule has 0 saturated carbocycles. The average Bonchev–Trinajstić information content (AvgIpc) is 3.26. The van der Waals surface area contributed by atoms with Crippen LogP contribution in [-0.2, 0) is 16.8 Å². The highest BCUT2D eigenvalue weighted by Gasteiger charge is 2.57. The molecule has 2 aliphatic heterocycles. The first-order valence-electron chi connectivity index (χ1n) is 11.6. The molecule has 1 atom stereocenters. The van der Waals surface area contributed by atoms with E-state index in [-0.39, 0.29) is 17.8 Å². The van der Waals surface area contributed by atoms with Gasteiger partial charge in [0, 0.05) is 31.1 Å². The Balaban J connectivity index is 1.61. The molecule has 0 bridgehead atoms. The molecule has 8 nitrogen and oxygen atoms in total. The van der Waals surface area contributed by atoms with Gasteiger partial charge in [-0.2, -0.15) is 4.57 Å². The molecule has 5 rings (SSSR count). The van der Waals surface area contributed by atoms with Gasteiger partial charge in [0.1, 0.15) is 17.1 Å². The van der Waals surface area contributed by atoms with Crippen molar-refractivity contribution >= 4 is 17.6 Å². The number of fused-ring (bicyclic) bond motifs is 5. The summed E-state index contributed by atoms with van der Waals surface area (Å²) in [5.74, 6) is -0.385. The minimum atomic E-state index is -0.765. The first-order chi connectivity index (χ1) is 16.0. The number of piperazine rings is 1. The van der Waals surface area contributed by atoms with E-state index in [1.54, 1.807) is 27.7 Å². The van der Waals surface area contributed by atoms with Crippen LogP contribution in [0.15, 0.2) is 36.5 Å². The maximum atomic E-state index is 13.4. The Labute approximate surface area is 197 Å². The van der Waals surface area contributed by atoms with Crippen LogP contribution < -0.4 is 4.57 Å². The molecule has 0 aliphatic carbocycles. The van der Waals surface area contributed by atoms with Crippen LogP contribution in [0.5, 0.6) is 0 Å². The summed E-state index contributed by atoms with van der Waals surface area (Å²) in [5.41, 5.74) is 2.49. The molecule has 1 fully saturated rings. The predicted molar refractivity (Wildman–Crippen MR) is 123 cm³/mol. The van der Waals surface area contributed by atoms with Crippen LogP contribution in [-0.4, -0.2) is 56.6 Å². The maximum Gasteiger partial charge on any atom is 0.410 e. The van der Waals surface area contributed by atoms with Crippen molar-refractivity contribution < 1.29 is 23.3 Å². The van der Waals surface area contributed by atoms with Crippen molar-refractivity contribution in [2.24, 2.45) is 0 Å². The molecular formula is C25H29FN5O3+. The predicted octanol–water partition coefficient (Wildman–Crippen LogP) is 3.37. The fourth-order valence-electron chi connectivity index (χ4n) is 4.97. The maximum absolute atomic E-state index is 13.4. The van der Waals surface area contributed by atoms with Gasteiger partial charge < -0.3 is 4.74 Å². The third kappa shape index (κ3) is 3.41. The summed E-state index contributed by atoms with van der Waals surface area (Å²) in [7, 11) is 0. The number of hydrogen-bond donors (Lipinski definition) is 0. The number of nitrogens with zero attached hydrogens (tertiary/aromatic N) is 5. The van der Waals surface area contributed by atoms with Gasteiger partial charge in [0.2, 0.25) is 11.4 Å². The van der Waals surface area contributed by atoms with Gasteiger partial charge >= 0.3 is 17.6 Å². The Bertz CT molecular complexity index is 1310. The van der Waals surface area contributed by atoms with Crippen molar-refractivity contribution in [1.29, 1.82) is 0 Å². The second-order valence-corrected chi connectivity index (χ2v) is 10.1. The molecule has 1 unspecified atom stereocenters. The highest BCUT2D eigenvalue weighted by Crippen LogP contribution is 2.33. The van der Waals surface area contributed by atoms with E-state index in [0.717, 1.165) is 16.8 Å². The van der Waals surface area contributed by atoms with Gasteiger partial charge in [0.15, 0.2) is 6.20 Å². The van der Waals surface area contributed by atoms with Crippen molar-refractivity contribution in [3.05, 3.63) is 53.6 Å². The molecule has 0 spiro atoms. The molecule has 178 valence electrons. The zero-order chi connectivity index (χ0) is 24.4. The molecule has 0 N–H and O–H groups in total. The van der Waals surface area contributed by atoms with E-state index in [9.17, 15) is 14.0 Å². The SMILES string of the molecule is CCc1cc(-c2ccc(F)cc2)nn2cc3[n+](c12)C1(C)CN(C(=O)OC(C)(C)C)CCN1C3=O. The number of ether oxygens (including phenoxy) is 1. The van der Waals surface area contributed by atoms with Crippen LogP contribution in [0.1, 0.15) is 50.7 Å². The van der Waals surface area contributed by atoms with Gasteiger partial charge in [-0.3, -0.25) is 14.6 Å². The number of hydrogen-bond acceptors (Lipinski definition) is 4. The second-order valence-electron chi connectivity index (χ2n) is 10.1. The van der Waals surface area contributed by atoms with Crippen LogP contribution in [0.2, 0.25) is 0 Å². The zero-order valence-electron chi connectivity index (χ0n) is 20.1. The molecule has 4 heterocycles. The molecule has 3 aromatic rings. The number of rotatable bonds is 2. The first kappa shape index (κ1) is 22.3. The minimum absolute atomic E-state index is 0.0813. The largest absolute Gasteiger partial charge is 0.444 e. The number of halogens is 1. The quantitative estimate of drug-likeness (QED) is 0.543. The normalized spacial score (nSPS) is 20.0. The van der Waals surface area contributed by atoms with E-state index in [2.05, 4.69) is 6.92 Å². The van der Waals surface area contributed by atoms with Crippen molar-refractivity contribution in [3.8, 4) is 11.3 Å². The Morgan fingerprint density at radius 2 is 1.94 bits per heavy atom. The van der Waals surface area contributed by atoms with E-state index >= 15 is 0 Å². The Morgan fingerprint density at radius 3 is 2.59 bits per heavy atom. The van der Waals surface area contributed by atoms with Crippen LogP contribution >= 0.6 is 0 Å². The van der Waals surface area contributed by atoms with E-state index in [1.165, 1.54) is 12.1 Å². The lowest BCUT2D eigenvalue weighted by Gasteiger charge is -2.42. The Morgan fingerprint density at radius 1 is 1.24 bits per heavy atom. The molecule has 34 heavy (non-hydrogen) atoms. The van der Waals surface area contributed by atoms with Gasteiger partial charge in [-0.15, -0.1) is 0 Å². The lowest BCUT2D eigenvalue weighted by molar-refractivity contribution is -0.749. The van der Waals surface area contributed by atoms with Crippen LogP contribution in [0.3, 0.4) is 0 Å². The van der Waals surface area contributed by atoms with Crippen LogP contribution in [0.4, 0.5) is 9.18 Å². The minimum Gasteiger partial charge on any atom is -0.444 e. The van der Waals surface area contributed by atoms with Crippen molar-refractivity contribution in [1.82, 2.24) is 19.4 Å². The second kappa shape index (κ2) is 7.51. The van der Waals surface area contributed by atoms with Crippen molar-refractivity contribution in [3.63, 3.8) is 0 Å². The van der Waals surface area contributed by atoms with Gasteiger partial charge in [0.05, 0.1) is 6.54 Å². The van der Waals surface area contributed by atoms with Crippen LogP contribution in [0, 0.1) is 5.82 Å². The lowest BCUT2D eigenvalue weighted by Crippen LogP contribution is -2.69. The van der Waals surface area contributed by atoms with Gasteiger partial charge in [-0.25, -0.2) is 9.18 Å². The van der Waals surface area contributed by atoms with E-state index in [0.29, 0.717) is 37.4 Å². The smallest absolute Gasteiger partial charge is 0.410 e. The average molecular weight is 467 g/mol. The number of carbonyl (C=O) groups is 2. The summed E-state index contributed by atoms with van der Waals surface area (Å²) in [5, 5.41) is 4.75. The molecule has 2 aliphatic rings.